The standard InChI is InChI=1S/C60H103N5O18/c1-36-39(4)57(63-42(7)66)53(27-48(36)30-81-45(10)69)78-21-13-15-51(72)17-23-75-33-60(61,34-76-24-18-52(73)16-14-22-79-54-28-49(31-82-46(11)70)37(2)40(5)58(54)64-43(8)67)35-77-25-19-56(74)62-20-26-80-55-29-50(32-83-47(12)71)38(3)41(6)59(55)65-44(9)68/h36-41,48-50,53-55,57-59H,13-35,61H2,1-12H3,(H,62,74)(H,63,66)(H,64,67)(H,65,68). The first-order valence-corrected chi connectivity index (χ1v) is 30.1. The minimum atomic E-state index is -1.22. The van der Waals surface area contributed by atoms with Gasteiger partial charge in [-0.3, -0.25) is 43.2 Å². The van der Waals surface area contributed by atoms with Crippen molar-refractivity contribution < 1.29 is 85.8 Å². The van der Waals surface area contributed by atoms with Crippen LogP contribution >= 0.6 is 0 Å². The Balaban J connectivity index is 1.52. The molecule has 476 valence electrons. The number of Topliss-reactive ketones (excluding diaryl/α,β-unsaturated/α-hetero) is 2. The largest absolute Gasteiger partial charge is 0.466 e. The highest BCUT2D eigenvalue weighted by Gasteiger charge is 2.44. The number of hydrogen-bond acceptors (Lipinski definition) is 19. The summed E-state index contributed by atoms with van der Waals surface area (Å²) in [7, 11) is 0. The second-order valence-electron chi connectivity index (χ2n) is 23.9. The van der Waals surface area contributed by atoms with Crippen molar-refractivity contribution in [2.45, 2.75) is 189 Å². The molecule has 0 heterocycles. The molecule has 3 aliphatic rings. The number of ketones is 2. The van der Waals surface area contributed by atoms with Gasteiger partial charge in [-0.1, -0.05) is 41.5 Å². The number of ether oxygens (including phenoxy) is 9. The van der Waals surface area contributed by atoms with Gasteiger partial charge in [-0.05, 0) is 85.4 Å². The molecule has 0 bridgehead atoms. The number of carbonyl (C=O) groups is 9. The van der Waals surface area contributed by atoms with Gasteiger partial charge in [0, 0.05) is 93.4 Å². The van der Waals surface area contributed by atoms with Crippen LogP contribution in [0.15, 0.2) is 0 Å². The average molecular weight is 1180 g/mol. The van der Waals surface area contributed by atoms with Gasteiger partial charge in [-0.15, -0.1) is 0 Å². The first kappa shape index (κ1) is 72.6. The number of esters is 3. The molecule has 3 rings (SSSR count). The average Bonchev–Trinajstić information content (AvgIpc) is 3.62. The Morgan fingerprint density at radius 1 is 0.422 bits per heavy atom. The van der Waals surface area contributed by atoms with Crippen molar-refractivity contribution in [3.05, 3.63) is 0 Å². The summed E-state index contributed by atoms with van der Waals surface area (Å²) in [6.07, 6.45) is 2.36. The van der Waals surface area contributed by atoms with E-state index in [2.05, 4.69) is 55.9 Å². The molecule has 3 saturated carbocycles. The Labute approximate surface area is 492 Å². The molecule has 6 N–H and O–H groups in total. The molecule has 0 aromatic heterocycles. The summed E-state index contributed by atoms with van der Waals surface area (Å²) in [6, 6.07) is -0.718. The van der Waals surface area contributed by atoms with E-state index in [1.54, 1.807) is 0 Å². The van der Waals surface area contributed by atoms with Crippen LogP contribution in [0.5, 0.6) is 0 Å². The summed E-state index contributed by atoms with van der Waals surface area (Å²) in [4.78, 5) is 110. The third kappa shape index (κ3) is 27.1. The number of amides is 4. The summed E-state index contributed by atoms with van der Waals surface area (Å²) in [5.41, 5.74) is 5.60. The molecule has 15 unspecified atom stereocenters. The van der Waals surface area contributed by atoms with E-state index in [9.17, 15) is 43.2 Å². The van der Waals surface area contributed by atoms with E-state index in [1.807, 2.05) is 6.92 Å². The van der Waals surface area contributed by atoms with Gasteiger partial charge in [0.2, 0.25) is 23.6 Å². The maximum absolute atomic E-state index is 13.0. The van der Waals surface area contributed by atoms with Crippen molar-refractivity contribution in [2.75, 3.05) is 85.8 Å². The molecule has 0 aromatic rings. The van der Waals surface area contributed by atoms with Crippen LogP contribution in [-0.4, -0.2) is 181 Å². The number of rotatable bonds is 38. The van der Waals surface area contributed by atoms with E-state index in [1.165, 1.54) is 41.5 Å². The van der Waals surface area contributed by atoms with Crippen molar-refractivity contribution in [3.8, 4) is 0 Å². The molecule has 0 aromatic carbocycles. The lowest BCUT2D eigenvalue weighted by atomic mass is 9.70. The van der Waals surface area contributed by atoms with Gasteiger partial charge in [0.15, 0.2) is 0 Å². The van der Waals surface area contributed by atoms with E-state index in [-0.39, 0.29) is 261 Å². The normalized spacial score (nSPS) is 28.6. The van der Waals surface area contributed by atoms with Gasteiger partial charge < -0.3 is 69.6 Å². The van der Waals surface area contributed by atoms with Crippen molar-refractivity contribution in [3.63, 3.8) is 0 Å². The van der Waals surface area contributed by atoms with Gasteiger partial charge in [0.25, 0.3) is 0 Å². The van der Waals surface area contributed by atoms with E-state index >= 15 is 0 Å². The lowest BCUT2D eigenvalue weighted by Crippen LogP contribution is -2.55. The first-order chi connectivity index (χ1) is 39.2. The maximum Gasteiger partial charge on any atom is 0.302 e. The zero-order chi connectivity index (χ0) is 61.8. The van der Waals surface area contributed by atoms with Gasteiger partial charge in [-0.25, -0.2) is 0 Å². The zero-order valence-electron chi connectivity index (χ0n) is 51.8. The number of nitrogens with two attached hydrogens (primary N) is 1. The van der Waals surface area contributed by atoms with Crippen molar-refractivity contribution >= 4 is 53.1 Å². The summed E-state index contributed by atoms with van der Waals surface area (Å²) in [5, 5.41) is 11.9. The van der Waals surface area contributed by atoms with Crippen LogP contribution in [0.3, 0.4) is 0 Å². The summed E-state index contributed by atoms with van der Waals surface area (Å²) in [5.74, 6) is -1.13. The Kier molecular flexibility index (Phi) is 33.0. The monoisotopic (exact) mass is 1180 g/mol. The first-order valence-electron chi connectivity index (χ1n) is 30.1. The van der Waals surface area contributed by atoms with E-state index < -0.39 is 5.54 Å². The molecule has 23 heteroatoms. The predicted molar refractivity (Wildman–Crippen MR) is 306 cm³/mol. The zero-order valence-corrected chi connectivity index (χ0v) is 51.8. The number of hydrogen-bond donors (Lipinski definition) is 5. The molecule has 3 aliphatic carbocycles. The highest BCUT2D eigenvalue weighted by molar-refractivity contribution is 5.79. The minimum Gasteiger partial charge on any atom is -0.466 e. The number of carbonyl (C=O) groups excluding carboxylic acids is 9. The van der Waals surface area contributed by atoms with Gasteiger partial charge in [-0.2, -0.15) is 0 Å². The van der Waals surface area contributed by atoms with Crippen molar-refractivity contribution in [1.29, 1.82) is 0 Å². The highest BCUT2D eigenvalue weighted by Crippen LogP contribution is 2.39. The van der Waals surface area contributed by atoms with Crippen LogP contribution in [0.1, 0.15) is 147 Å². The summed E-state index contributed by atoms with van der Waals surface area (Å²) in [6.45, 7) is 22.6. The highest BCUT2D eigenvalue weighted by atomic mass is 16.5. The van der Waals surface area contributed by atoms with Gasteiger partial charge in [0.1, 0.15) is 11.6 Å². The minimum absolute atomic E-state index is 0.00842. The van der Waals surface area contributed by atoms with Crippen LogP contribution in [0, 0.1) is 53.3 Å². The van der Waals surface area contributed by atoms with E-state index in [4.69, 9.17) is 48.4 Å². The molecule has 0 saturated heterocycles. The Bertz CT molecular complexity index is 1840. The van der Waals surface area contributed by atoms with Gasteiger partial charge in [0.05, 0.1) is 108 Å². The van der Waals surface area contributed by atoms with Crippen LogP contribution < -0.4 is 27.0 Å². The quantitative estimate of drug-likeness (QED) is 0.0332. The van der Waals surface area contributed by atoms with E-state index in [0.29, 0.717) is 32.1 Å². The van der Waals surface area contributed by atoms with Gasteiger partial charge >= 0.3 is 17.9 Å². The van der Waals surface area contributed by atoms with Crippen LogP contribution in [0.25, 0.3) is 0 Å². The Hall–Kier alpha value is -4.65. The fourth-order valence-electron chi connectivity index (χ4n) is 11.7. The molecule has 0 aliphatic heterocycles. The molecule has 0 spiro atoms. The smallest absolute Gasteiger partial charge is 0.302 e. The third-order valence-corrected chi connectivity index (χ3v) is 17.1. The Morgan fingerprint density at radius 3 is 1.05 bits per heavy atom. The lowest BCUT2D eigenvalue weighted by molar-refractivity contribution is -0.146. The summed E-state index contributed by atoms with van der Waals surface area (Å²) >= 11 is 0. The molecule has 15 atom stereocenters. The Morgan fingerprint density at radius 2 is 0.735 bits per heavy atom. The molecular weight excluding hydrogens is 1080 g/mol. The third-order valence-electron chi connectivity index (χ3n) is 17.1. The van der Waals surface area contributed by atoms with E-state index in [0.717, 1.165) is 0 Å². The lowest BCUT2D eigenvalue weighted by Gasteiger charge is -2.44. The van der Waals surface area contributed by atoms with Crippen LogP contribution in [0.4, 0.5) is 0 Å². The maximum atomic E-state index is 13.0. The molecule has 23 nitrogen and oxygen atoms in total. The second kappa shape index (κ2) is 37.7. The summed E-state index contributed by atoms with van der Waals surface area (Å²) < 4.78 is 52.6. The SMILES string of the molecule is CC(=O)NC1C(OCCCC(=O)CCOCC(N)(COCCC(=O)CCCOC2CC(COC(C)=O)C(C)C(C)C2NC(C)=O)COCCC(=O)NCCOC2CC(COC(C)=O)C(C)C(C)C2NC(C)=O)CC(COC(C)=O)C(C)C1C. The molecular formula is C60H103N5O18. The van der Waals surface area contributed by atoms with Crippen LogP contribution in [0.2, 0.25) is 0 Å². The molecule has 3 fully saturated rings. The fourth-order valence-corrected chi connectivity index (χ4v) is 11.7. The number of nitrogens with one attached hydrogen (secondary N) is 4. The molecule has 83 heavy (non-hydrogen) atoms. The molecule has 4 amide bonds. The molecule has 0 radical (unpaired) electrons. The van der Waals surface area contributed by atoms with Crippen LogP contribution in [-0.2, 0) is 85.8 Å². The van der Waals surface area contributed by atoms with Crippen molar-refractivity contribution in [1.82, 2.24) is 21.3 Å². The van der Waals surface area contributed by atoms with Crippen molar-refractivity contribution in [2.24, 2.45) is 59.0 Å². The predicted octanol–water partition coefficient (Wildman–Crippen LogP) is 3.95. The topological polar surface area (TPSA) is 311 Å². The second-order valence-corrected chi connectivity index (χ2v) is 23.9. The fraction of sp³-hybridized carbons (Fsp3) is 0.850.